The van der Waals surface area contributed by atoms with Gasteiger partial charge in [0, 0.05) is 12.0 Å². The summed E-state index contributed by atoms with van der Waals surface area (Å²) in [6, 6.07) is -0.192. The molecule has 4 nitrogen and oxygen atoms in total. The van der Waals surface area contributed by atoms with Gasteiger partial charge in [0.15, 0.2) is 0 Å². The molecule has 1 rings (SSSR count). The molecule has 0 radical (unpaired) electrons. The van der Waals surface area contributed by atoms with Gasteiger partial charge in [0.1, 0.15) is 0 Å². The monoisotopic (exact) mass is 241 g/mol. The van der Waals surface area contributed by atoms with Crippen LogP contribution in [-0.2, 0) is 9.59 Å². The number of nitrogens with one attached hydrogen (secondary N) is 1. The molecule has 1 aliphatic carbocycles. The second-order valence-corrected chi connectivity index (χ2v) is 5.21. The van der Waals surface area contributed by atoms with Gasteiger partial charge in [0.2, 0.25) is 5.91 Å². The van der Waals surface area contributed by atoms with E-state index in [2.05, 4.69) is 5.32 Å². The molecule has 1 aliphatic rings. The van der Waals surface area contributed by atoms with E-state index in [9.17, 15) is 14.7 Å². The number of carboxylic acid groups (broad SMARTS) is 1. The first-order valence-electron chi connectivity index (χ1n) is 6.55. The summed E-state index contributed by atoms with van der Waals surface area (Å²) in [5.41, 5.74) is 0. The zero-order valence-electron chi connectivity index (χ0n) is 10.7. The Hall–Kier alpha value is -1.06. The van der Waals surface area contributed by atoms with Gasteiger partial charge in [-0.05, 0) is 12.8 Å². The summed E-state index contributed by atoms with van der Waals surface area (Å²) in [6.07, 6.45) is 5.67. The smallest absolute Gasteiger partial charge is 0.308 e. The first-order chi connectivity index (χ1) is 8.02. The number of hydrogen-bond donors (Lipinski definition) is 2. The Bertz CT molecular complexity index is 276. The zero-order chi connectivity index (χ0) is 12.8. The van der Waals surface area contributed by atoms with Crippen molar-refractivity contribution < 1.29 is 14.7 Å². The van der Waals surface area contributed by atoms with Crippen LogP contribution in [0.4, 0.5) is 0 Å². The first-order valence-corrected chi connectivity index (χ1v) is 6.55. The predicted octanol–water partition coefficient (Wildman–Crippen LogP) is 2.18. The van der Waals surface area contributed by atoms with Crippen LogP contribution in [-0.4, -0.2) is 23.0 Å². The third-order valence-electron chi connectivity index (χ3n) is 3.44. The Balaban J connectivity index is 2.66. The largest absolute Gasteiger partial charge is 0.481 e. The molecule has 0 saturated heterocycles. The second kappa shape index (κ2) is 6.62. The molecule has 2 atom stereocenters. The van der Waals surface area contributed by atoms with E-state index in [4.69, 9.17) is 0 Å². The van der Waals surface area contributed by atoms with Crippen LogP contribution < -0.4 is 5.32 Å². The molecule has 1 fully saturated rings. The summed E-state index contributed by atoms with van der Waals surface area (Å²) in [6.45, 7) is 3.65. The maximum Gasteiger partial charge on any atom is 0.308 e. The average molecular weight is 241 g/mol. The molecule has 2 N–H and O–H groups in total. The van der Waals surface area contributed by atoms with E-state index < -0.39 is 11.9 Å². The van der Waals surface area contributed by atoms with Crippen LogP contribution in [0.15, 0.2) is 0 Å². The zero-order valence-corrected chi connectivity index (χ0v) is 10.7. The lowest BCUT2D eigenvalue weighted by molar-refractivity contribution is -0.143. The number of amides is 1. The number of aliphatic carboxylic acids is 1. The normalized spacial score (nSPS) is 26.1. The van der Waals surface area contributed by atoms with Crippen LogP contribution in [0.5, 0.6) is 0 Å². The van der Waals surface area contributed by atoms with Crippen LogP contribution in [0.25, 0.3) is 0 Å². The van der Waals surface area contributed by atoms with E-state index in [1.807, 2.05) is 13.8 Å². The van der Waals surface area contributed by atoms with Gasteiger partial charge in [-0.25, -0.2) is 0 Å². The molecule has 0 aromatic heterocycles. The Labute approximate surface area is 103 Å². The third-order valence-corrected chi connectivity index (χ3v) is 3.44. The molecule has 17 heavy (non-hydrogen) atoms. The summed E-state index contributed by atoms with van der Waals surface area (Å²) in [7, 11) is 0. The molecule has 1 saturated carbocycles. The molecule has 0 aliphatic heterocycles. The fraction of sp³-hybridized carbons (Fsp3) is 0.846. The topological polar surface area (TPSA) is 66.4 Å². The number of carboxylic acids is 1. The lowest BCUT2D eigenvalue weighted by Gasteiger charge is -2.27. The lowest BCUT2D eigenvalue weighted by Crippen LogP contribution is -2.45. The van der Waals surface area contributed by atoms with Gasteiger partial charge in [-0.2, -0.15) is 0 Å². The molecule has 0 bridgehead atoms. The van der Waals surface area contributed by atoms with Gasteiger partial charge < -0.3 is 10.4 Å². The standard InChI is InChI=1S/C13H23NO3/c1-9(2)12(15)14-11-8-6-4-3-5-7-10(11)13(16)17/h9-11H,3-8H2,1-2H3,(H,14,15)(H,16,17). The van der Waals surface area contributed by atoms with Gasteiger partial charge in [0.25, 0.3) is 0 Å². The fourth-order valence-corrected chi connectivity index (χ4v) is 2.30. The molecular formula is C13H23NO3. The van der Waals surface area contributed by atoms with Crippen LogP contribution in [0.1, 0.15) is 52.4 Å². The van der Waals surface area contributed by atoms with Gasteiger partial charge >= 0.3 is 5.97 Å². The highest BCUT2D eigenvalue weighted by Crippen LogP contribution is 2.23. The molecular weight excluding hydrogens is 218 g/mol. The van der Waals surface area contributed by atoms with Crippen LogP contribution >= 0.6 is 0 Å². The Morgan fingerprint density at radius 2 is 1.71 bits per heavy atom. The van der Waals surface area contributed by atoms with E-state index in [0.29, 0.717) is 6.42 Å². The van der Waals surface area contributed by atoms with Crippen molar-refractivity contribution in [1.82, 2.24) is 5.32 Å². The second-order valence-electron chi connectivity index (χ2n) is 5.21. The summed E-state index contributed by atoms with van der Waals surface area (Å²) >= 11 is 0. The maximum absolute atomic E-state index is 11.7. The minimum absolute atomic E-state index is 0.0400. The maximum atomic E-state index is 11.7. The molecule has 2 unspecified atom stereocenters. The van der Waals surface area contributed by atoms with Crippen molar-refractivity contribution in [3.05, 3.63) is 0 Å². The SMILES string of the molecule is CC(C)C(=O)NC1CCCCCCC1C(=O)O. The first kappa shape index (κ1) is 14.0. The average Bonchev–Trinajstić information content (AvgIpc) is 2.21. The van der Waals surface area contributed by atoms with E-state index in [1.54, 1.807) is 0 Å². The summed E-state index contributed by atoms with van der Waals surface area (Å²) < 4.78 is 0. The van der Waals surface area contributed by atoms with Gasteiger partial charge in [-0.3, -0.25) is 9.59 Å². The Morgan fingerprint density at radius 3 is 2.24 bits per heavy atom. The summed E-state index contributed by atoms with van der Waals surface area (Å²) in [5, 5.41) is 12.1. The molecule has 0 aromatic rings. The minimum atomic E-state index is -0.777. The van der Waals surface area contributed by atoms with Crippen molar-refractivity contribution in [2.75, 3.05) is 0 Å². The summed E-state index contributed by atoms with van der Waals surface area (Å²) in [4.78, 5) is 22.9. The van der Waals surface area contributed by atoms with Crippen molar-refractivity contribution in [3.8, 4) is 0 Å². The summed E-state index contributed by atoms with van der Waals surface area (Å²) in [5.74, 6) is -1.32. The van der Waals surface area contributed by atoms with Crippen molar-refractivity contribution in [1.29, 1.82) is 0 Å². The van der Waals surface area contributed by atoms with Gasteiger partial charge in [-0.15, -0.1) is 0 Å². The Morgan fingerprint density at radius 1 is 1.12 bits per heavy atom. The number of carbonyl (C=O) groups excluding carboxylic acids is 1. The quantitative estimate of drug-likeness (QED) is 0.796. The van der Waals surface area contributed by atoms with Gasteiger partial charge in [-0.1, -0.05) is 39.5 Å². The van der Waals surface area contributed by atoms with E-state index in [-0.39, 0.29) is 17.9 Å². The highest BCUT2D eigenvalue weighted by Gasteiger charge is 2.30. The van der Waals surface area contributed by atoms with Crippen molar-refractivity contribution in [2.24, 2.45) is 11.8 Å². The molecule has 0 aromatic carbocycles. The highest BCUT2D eigenvalue weighted by atomic mass is 16.4. The number of rotatable bonds is 3. The molecule has 0 spiro atoms. The predicted molar refractivity (Wildman–Crippen MR) is 65.6 cm³/mol. The van der Waals surface area contributed by atoms with Crippen molar-refractivity contribution in [2.45, 2.75) is 58.4 Å². The molecule has 1 amide bonds. The number of hydrogen-bond acceptors (Lipinski definition) is 2. The minimum Gasteiger partial charge on any atom is -0.481 e. The van der Waals surface area contributed by atoms with E-state index in [0.717, 1.165) is 32.1 Å². The third kappa shape index (κ3) is 4.36. The van der Waals surface area contributed by atoms with E-state index >= 15 is 0 Å². The van der Waals surface area contributed by atoms with Crippen molar-refractivity contribution >= 4 is 11.9 Å². The lowest BCUT2D eigenvalue weighted by atomic mass is 9.86. The number of carbonyl (C=O) groups is 2. The fourth-order valence-electron chi connectivity index (χ4n) is 2.30. The van der Waals surface area contributed by atoms with Gasteiger partial charge in [0.05, 0.1) is 5.92 Å². The highest BCUT2D eigenvalue weighted by molar-refractivity contribution is 5.79. The molecule has 0 heterocycles. The molecule has 4 heteroatoms. The van der Waals surface area contributed by atoms with Crippen LogP contribution in [0.2, 0.25) is 0 Å². The van der Waals surface area contributed by atoms with Crippen LogP contribution in [0, 0.1) is 11.8 Å². The van der Waals surface area contributed by atoms with Crippen molar-refractivity contribution in [3.63, 3.8) is 0 Å². The van der Waals surface area contributed by atoms with Crippen LogP contribution in [0.3, 0.4) is 0 Å². The van der Waals surface area contributed by atoms with E-state index in [1.165, 1.54) is 0 Å². The molecule has 98 valence electrons. The Kier molecular flexibility index (Phi) is 5.45.